The van der Waals surface area contributed by atoms with Gasteiger partial charge in [-0.2, -0.15) is 0 Å². The summed E-state index contributed by atoms with van der Waals surface area (Å²) in [6, 6.07) is 7.86. The van der Waals surface area contributed by atoms with Gasteiger partial charge in [0, 0.05) is 11.1 Å². The van der Waals surface area contributed by atoms with Gasteiger partial charge in [0.2, 0.25) is 0 Å². The number of carboxylic acids is 1. The maximum Gasteiger partial charge on any atom is 0.312 e. The van der Waals surface area contributed by atoms with Crippen LogP contribution in [-0.2, 0) is 9.53 Å². The van der Waals surface area contributed by atoms with Gasteiger partial charge in [0.15, 0.2) is 0 Å². The van der Waals surface area contributed by atoms with Crippen LogP contribution in [0, 0.1) is 5.41 Å². The summed E-state index contributed by atoms with van der Waals surface area (Å²) in [5.41, 5.74) is 0.262. The van der Waals surface area contributed by atoms with E-state index in [-0.39, 0.29) is 5.92 Å². The highest BCUT2D eigenvalue weighted by molar-refractivity contribution is 9.10. The number of ether oxygens (including phenoxy) is 1. The molecule has 1 aliphatic rings. The molecular formula is C14H17BrO3. The fourth-order valence-electron chi connectivity index (χ4n) is 2.58. The molecule has 1 fully saturated rings. The Morgan fingerprint density at radius 2 is 2.11 bits per heavy atom. The van der Waals surface area contributed by atoms with Crippen molar-refractivity contribution in [2.24, 2.45) is 5.41 Å². The third-order valence-electron chi connectivity index (χ3n) is 3.90. The lowest BCUT2D eigenvalue weighted by molar-refractivity contribution is -0.159. The first-order valence-electron chi connectivity index (χ1n) is 6.13. The highest BCUT2D eigenvalue weighted by Crippen LogP contribution is 2.42. The minimum atomic E-state index is -0.786. The van der Waals surface area contributed by atoms with Crippen molar-refractivity contribution in [2.75, 3.05) is 13.2 Å². The van der Waals surface area contributed by atoms with E-state index in [0.717, 1.165) is 16.5 Å². The monoisotopic (exact) mass is 312 g/mol. The molecule has 0 spiro atoms. The smallest absolute Gasteiger partial charge is 0.312 e. The molecule has 1 aromatic rings. The summed E-state index contributed by atoms with van der Waals surface area (Å²) in [6.07, 6.45) is 1.49. The number of hydrogen-bond donors (Lipinski definition) is 1. The highest BCUT2D eigenvalue weighted by atomic mass is 79.9. The van der Waals surface area contributed by atoms with Crippen molar-refractivity contribution in [1.82, 2.24) is 0 Å². The largest absolute Gasteiger partial charge is 0.481 e. The first kappa shape index (κ1) is 13.6. The van der Waals surface area contributed by atoms with Gasteiger partial charge in [-0.05, 0) is 36.5 Å². The third kappa shape index (κ3) is 2.45. The number of benzene rings is 1. The van der Waals surface area contributed by atoms with E-state index in [0.29, 0.717) is 19.6 Å². The summed E-state index contributed by atoms with van der Waals surface area (Å²) < 4.78 is 6.43. The molecule has 0 bridgehead atoms. The molecule has 0 radical (unpaired) electrons. The van der Waals surface area contributed by atoms with Crippen LogP contribution in [0.2, 0.25) is 0 Å². The predicted molar refractivity (Wildman–Crippen MR) is 72.7 cm³/mol. The molecule has 0 aromatic heterocycles. The number of halogens is 1. The third-order valence-corrected chi connectivity index (χ3v) is 4.42. The Bertz CT molecular complexity index is 421. The van der Waals surface area contributed by atoms with Crippen molar-refractivity contribution in [2.45, 2.75) is 25.7 Å². The van der Waals surface area contributed by atoms with Gasteiger partial charge in [0.05, 0.1) is 12.0 Å². The van der Waals surface area contributed by atoms with Crippen LogP contribution in [0.3, 0.4) is 0 Å². The molecule has 0 saturated carbocycles. The lowest BCUT2D eigenvalue weighted by Crippen LogP contribution is -2.43. The Balaban J connectivity index is 2.30. The van der Waals surface area contributed by atoms with E-state index in [1.54, 1.807) is 0 Å². The zero-order valence-corrected chi connectivity index (χ0v) is 11.9. The van der Waals surface area contributed by atoms with Crippen molar-refractivity contribution in [3.05, 3.63) is 34.3 Å². The maximum absolute atomic E-state index is 11.7. The molecule has 1 saturated heterocycles. The summed E-state index contributed by atoms with van der Waals surface area (Å²) in [7, 11) is 0. The fraction of sp³-hybridized carbons (Fsp3) is 0.500. The van der Waals surface area contributed by atoms with Gasteiger partial charge < -0.3 is 9.84 Å². The number of hydrogen-bond acceptors (Lipinski definition) is 2. The molecular weight excluding hydrogens is 296 g/mol. The second-order valence-corrected chi connectivity index (χ2v) is 5.81. The number of aliphatic carboxylic acids is 1. The van der Waals surface area contributed by atoms with Crippen molar-refractivity contribution in [1.29, 1.82) is 0 Å². The normalized spacial score (nSPS) is 25.7. The molecule has 1 aromatic carbocycles. The summed E-state index contributed by atoms with van der Waals surface area (Å²) in [4.78, 5) is 11.7. The van der Waals surface area contributed by atoms with Crippen molar-refractivity contribution in [3.8, 4) is 0 Å². The molecule has 2 rings (SSSR count). The van der Waals surface area contributed by atoms with Gasteiger partial charge in [-0.25, -0.2) is 0 Å². The summed E-state index contributed by atoms with van der Waals surface area (Å²) in [5.74, 6) is -0.805. The molecule has 98 valence electrons. The molecule has 2 unspecified atom stereocenters. The lowest BCUT2D eigenvalue weighted by atomic mass is 9.70. The van der Waals surface area contributed by atoms with E-state index >= 15 is 0 Å². The van der Waals surface area contributed by atoms with Gasteiger partial charge in [0.1, 0.15) is 0 Å². The second kappa shape index (κ2) is 5.41. The topological polar surface area (TPSA) is 46.5 Å². The van der Waals surface area contributed by atoms with Crippen molar-refractivity contribution < 1.29 is 14.6 Å². The van der Waals surface area contributed by atoms with Gasteiger partial charge in [0.25, 0.3) is 0 Å². The minimum Gasteiger partial charge on any atom is -0.481 e. The standard InChI is InChI=1S/C14H17BrO3/c1-10(11-3-5-12(15)6-4-11)14(13(16)17)7-2-8-18-9-14/h3-6,10H,2,7-9H2,1H3,(H,16,17). The minimum absolute atomic E-state index is 0.0524. The first-order valence-corrected chi connectivity index (χ1v) is 6.92. The number of carbonyl (C=O) groups is 1. The van der Waals surface area contributed by atoms with Crippen LogP contribution in [-0.4, -0.2) is 24.3 Å². The van der Waals surface area contributed by atoms with E-state index < -0.39 is 11.4 Å². The van der Waals surface area contributed by atoms with E-state index in [2.05, 4.69) is 15.9 Å². The Morgan fingerprint density at radius 3 is 2.61 bits per heavy atom. The van der Waals surface area contributed by atoms with Crippen LogP contribution < -0.4 is 0 Å². The van der Waals surface area contributed by atoms with E-state index in [9.17, 15) is 9.90 Å². The number of rotatable bonds is 3. The maximum atomic E-state index is 11.7. The Morgan fingerprint density at radius 1 is 1.44 bits per heavy atom. The molecule has 1 N–H and O–H groups in total. The van der Waals surface area contributed by atoms with E-state index in [1.165, 1.54) is 0 Å². The van der Waals surface area contributed by atoms with Gasteiger partial charge in [-0.1, -0.05) is 35.0 Å². The van der Waals surface area contributed by atoms with Gasteiger partial charge in [-0.3, -0.25) is 4.79 Å². The number of carboxylic acid groups (broad SMARTS) is 1. The molecule has 2 atom stereocenters. The van der Waals surface area contributed by atoms with Crippen LogP contribution in [0.4, 0.5) is 0 Å². The molecule has 1 heterocycles. The average Bonchev–Trinajstić information content (AvgIpc) is 2.39. The van der Waals surface area contributed by atoms with E-state index in [4.69, 9.17) is 4.74 Å². The Hall–Kier alpha value is -0.870. The summed E-state index contributed by atoms with van der Waals surface area (Å²) in [5, 5.41) is 9.59. The van der Waals surface area contributed by atoms with Crippen LogP contribution in [0.15, 0.2) is 28.7 Å². The molecule has 3 nitrogen and oxygen atoms in total. The summed E-state index contributed by atoms with van der Waals surface area (Å²) in [6.45, 7) is 2.95. The zero-order valence-electron chi connectivity index (χ0n) is 10.4. The molecule has 18 heavy (non-hydrogen) atoms. The second-order valence-electron chi connectivity index (χ2n) is 4.89. The highest BCUT2D eigenvalue weighted by Gasteiger charge is 2.45. The predicted octanol–water partition coefficient (Wildman–Crippen LogP) is 3.43. The van der Waals surface area contributed by atoms with Crippen LogP contribution in [0.1, 0.15) is 31.2 Å². The quantitative estimate of drug-likeness (QED) is 0.930. The average molecular weight is 313 g/mol. The zero-order chi connectivity index (χ0) is 13.2. The molecule has 4 heteroatoms. The Labute approximate surface area is 115 Å². The lowest BCUT2D eigenvalue weighted by Gasteiger charge is -2.38. The van der Waals surface area contributed by atoms with E-state index in [1.807, 2.05) is 31.2 Å². The first-order chi connectivity index (χ1) is 8.56. The van der Waals surface area contributed by atoms with Gasteiger partial charge in [-0.15, -0.1) is 0 Å². The van der Waals surface area contributed by atoms with Crippen LogP contribution in [0.5, 0.6) is 0 Å². The molecule has 1 aliphatic heterocycles. The molecule has 0 aliphatic carbocycles. The Kier molecular flexibility index (Phi) is 4.07. The molecule has 0 amide bonds. The fourth-order valence-corrected chi connectivity index (χ4v) is 2.85. The van der Waals surface area contributed by atoms with Crippen LogP contribution in [0.25, 0.3) is 0 Å². The van der Waals surface area contributed by atoms with Crippen LogP contribution >= 0.6 is 15.9 Å². The summed E-state index contributed by atoms with van der Waals surface area (Å²) >= 11 is 3.39. The van der Waals surface area contributed by atoms with Crippen molar-refractivity contribution in [3.63, 3.8) is 0 Å². The van der Waals surface area contributed by atoms with Crippen molar-refractivity contribution >= 4 is 21.9 Å². The SMILES string of the molecule is CC(c1ccc(Br)cc1)C1(C(=O)O)CCCOC1. The van der Waals surface area contributed by atoms with Gasteiger partial charge >= 0.3 is 5.97 Å².